The Hall–Kier alpha value is -4.29. The molecule has 0 bridgehead atoms. The fraction of sp³-hybridized carbons (Fsp3) is 0.333. The van der Waals surface area contributed by atoms with Crippen molar-refractivity contribution in [1.82, 2.24) is 4.57 Å². The number of hydrogen-bond donors (Lipinski definition) is 0. The molecule has 0 saturated carbocycles. The van der Waals surface area contributed by atoms with Crippen molar-refractivity contribution in [3.05, 3.63) is 77.4 Å². The second-order valence-corrected chi connectivity index (χ2v) is 10.5. The zero-order valence-corrected chi connectivity index (χ0v) is 26.1. The number of benzene rings is 2. The molecule has 1 aliphatic heterocycles. The van der Waals surface area contributed by atoms with Crippen molar-refractivity contribution in [2.45, 2.75) is 26.8 Å². The topological polar surface area (TPSA) is 124 Å². The number of allylic oxidation sites excluding steroid dienone is 1. The summed E-state index contributed by atoms with van der Waals surface area (Å²) in [7, 11) is 4.24. The predicted octanol–water partition coefficient (Wildman–Crippen LogP) is 3.42. The average molecular weight is 631 g/mol. The molecule has 1 aromatic heterocycles. The van der Waals surface area contributed by atoms with Crippen LogP contribution in [-0.2, 0) is 19.1 Å². The maximum absolute atomic E-state index is 14.0. The highest BCUT2D eigenvalue weighted by molar-refractivity contribution is 7.07. The number of rotatable bonds is 11. The average Bonchev–Trinajstić information content (AvgIpc) is 3.29. The van der Waals surface area contributed by atoms with Crippen LogP contribution in [0.25, 0.3) is 6.08 Å². The van der Waals surface area contributed by atoms with Crippen molar-refractivity contribution in [3.8, 4) is 23.0 Å². The molecule has 0 unspecified atom stereocenters. The lowest BCUT2D eigenvalue weighted by molar-refractivity contribution is -0.143. The van der Waals surface area contributed by atoms with E-state index in [0.29, 0.717) is 60.8 Å². The molecule has 0 saturated heterocycles. The van der Waals surface area contributed by atoms with E-state index in [1.165, 1.54) is 37.2 Å². The Bertz CT molecular complexity index is 1760. The minimum Gasteiger partial charge on any atom is -0.493 e. The van der Waals surface area contributed by atoms with Crippen LogP contribution < -0.4 is 33.8 Å². The van der Waals surface area contributed by atoms with Gasteiger partial charge in [-0.3, -0.25) is 9.36 Å². The van der Waals surface area contributed by atoms with Gasteiger partial charge in [-0.25, -0.2) is 14.6 Å². The summed E-state index contributed by atoms with van der Waals surface area (Å²) in [6, 6.07) is 7.46. The van der Waals surface area contributed by atoms with E-state index in [4.69, 9.17) is 35.3 Å². The molecule has 43 heavy (non-hydrogen) atoms. The first-order valence-electron chi connectivity index (χ1n) is 13.2. The quantitative estimate of drug-likeness (QED) is 0.293. The molecule has 11 nitrogen and oxygen atoms in total. The molecule has 2 heterocycles. The first-order valence-corrected chi connectivity index (χ1v) is 14.4. The Morgan fingerprint density at radius 2 is 1.79 bits per heavy atom. The molecule has 13 heteroatoms. The molecular formula is C30H31ClN2O9S. The normalized spacial score (nSPS) is 14.5. The van der Waals surface area contributed by atoms with Gasteiger partial charge in [0.05, 0.1) is 61.4 Å². The molecule has 0 spiro atoms. The maximum atomic E-state index is 14.0. The van der Waals surface area contributed by atoms with Crippen molar-refractivity contribution in [3.63, 3.8) is 0 Å². The van der Waals surface area contributed by atoms with E-state index >= 15 is 0 Å². The minimum absolute atomic E-state index is 0.136. The van der Waals surface area contributed by atoms with E-state index < -0.39 is 18.0 Å². The first-order chi connectivity index (χ1) is 20.7. The lowest BCUT2D eigenvalue weighted by Crippen LogP contribution is -2.40. The van der Waals surface area contributed by atoms with E-state index in [0.717, 1.165) is 0 Å². The highest BCUT2D eigenvalue weighted by atomic mass is 35.5. The number of nitrogens with zero attached hydrogens (tertiary/aromatic N) is 2. The Labute approximate surface area is 256 Å². The van der Waals surface area contributed by atoms with Gasteiger partial charge < -0.3 is 28.4 Å². The Morgan fingerprint density at radius 3 is 2.44 bits per heavy atom. The monoisotopic (exact) mass is 630 g/mol. The number of esters is 2. The van der Waals surface area contributed by atoms with Gasteiger partial charge >= 0.3 is 11.9 Å². The van der Waals surface area contributed by atoms with Gasteiger partial charge in [0.2, 0.25) is 0 Å². The van der Waals surface area contributed by atoms with Gasteiger partial charge in [0.15, 0.2) is 34.4 Å². The minimum atomic E-state index is -0.889. The van der Waals surface area contributed by atoms with Crippen molar-refractivity contribution < 1.29 is 38.0 Å². The number of thiazole rings is 1. The third kappa shape index (κ3) is 6.55. The van der Waals surface area contributed by atoms with Gasteiger partial charge in [0.25, 0.3) is 5.56 Å². The van der Waals surface area contributed by atoms with Crippen LogP contribution in [0.15, 0.2) is 51.4 Å². The SMILES string of the molecule is CCOC(=O)C1=C(C)N=c2s/c(=C\c3cc(Cl)c(OC)c(OC)c3)c(=O)n2[C@@H]1c1ccc(OCC(=O)OC)c(OCC)c1. The molecule has 3 aromatic rings. The second-order valence-electron chi connectivity index (χ2n) is 9.04. The molecule has 0 aliphatic carbocycles. The lowest BCUT2D eigenvalue weighted by Gasteiger charge is -2.25. The van der Waals surface area contributed by atoms with Crippen molar-refractivity contribution >= 4 is 41.0 Å². The summed E-state index contributed by atoms with van der Waals surface area (Å²) in [5.41, 5.74) is 1.40. The van der Waals surface area contributed by atoms with Crippen LogP contribution in [0.4, 0.5) is 0 Å². The number of aromatic nitrogens is 1. The number of hydrogen-bond acceptors (Lipinski definition) is 11. The third-order valence-electron chi connectivity index (χ3n) is 6.43. The number of methoxy groups -OCH3 is 3. The van der Waals surface area contributed by atoms with Gasteiger partial charge in [-0.2, -0.15) is 0 Å². The van der Waals surface area contributed by atoms with E-state index in [1.807, 2.05) is 0 Å². The van der Waals surface area contributed by atoms with Gasteiger partial charge in [0, 0.05) is 0 Å². The fourth-order valence-corrected chi connectivity index (χ4v) is 5.90. The van der Waals surface area contributed by atoms with Gasteiger partial charge in [-0.1, -0.05) is 29.0 Å². The Balaban J connectivity index is 1.91. The standard InChI is InChI=1S/C30H31ClN2O9S/c1-7-40-21-14-18(9-10-20(21)42-15-24(34)38-5)26-25(29(36)41-8-2)16(3)32-30-33(26)28(35)23(43-30)13-17-11-19(31)27(39-6)22(12-17)37-4/h9-14,26H,7-8,15H2,1-6H3/b23-13-/t26-/m1/s1. The smallest absolute Gasteiger partial charge is 0.343 e. The van der Waals surface area contributed by atoms with Crippen molar-refractivity contribution in [2.75, 3.05) is 41.2 Å². The van der Waals surface area contributed by atoms with Gasteiger partial charge in [-0.15, -0.1) is 0 Å². The zero-order chi connectivity index (χ0) is 31.3. The van der Waals surface area contributed by atoms with E-state index in [-0.39, 0.29) is 24.3 Å². The van der Waals surface area contributed by atoms with Gasteiger partial charge in [0.1, 0.15) is 0 Å². The van der Waals surface area contributed by atoms with Crippen LogP contribution in [0.5, 0.6) is 23.0 Å². The molecule has 4 rings (SSSR count). The van der Waals surface area contributed by atoms with Crippen LogP contribution in [-0.4, -0.2) is 57.7 Å². The lowest BCUT2D eigenvalue weighted by atomic mass is 9.95. The summed E-state index contributed by atoms with van der Waals surface area (Å²) < 4.78 is 34.0. The number of carbonyl (C=O) groups excluding carboxylic acids is 2. The first kappa shape index (κ1) is 31.6. The number of ether oxygens (including phenoxy) is 6. The highest BCUT2D eigenvalue weighted by Crippen LogP contribution is 2.37. The largest absolute Gasteiger partial charge is 0.493 e. The molecule has 1 aliphatic rings. The summed E-state index contributed by atoms with van der Waals surface area (Å²) in [5, 5.41) is 0.317. The predicted molar refractivity (Wildman–Crippen MR) is 160 cm³/mol. The molecule has 2 aromatic carbocycles. The molecule has 228 valence electrons. The summed E-state index contributed by atoms with van der Waals surface area (Å²) >= 11 is 7.56. The van der Waals surface area contributed by atoms with E-state index in [9.17, 15) is 14.4 Å². The molecule has 0 amide bonds. The van der Waals surface area contributed by atoms with Crippen molar-refractivity contribution in [2.24, 2.45) is 4.99 Å². The molecular weight excluding hydrogens is 600 g/mol. The number of fused-ring (bicyclic) bond motifs is 1. The third-order valence-corrected chi connectivity index (χ3v) is 7.69. The molecule has 0 fully saturated rings. The Kier molecular flexibility index (Phi) is 10.1. The van der Waals surface area contributed by atoms with Crippen LogP contribution in [0.1, 0.15) is 37.9 Å². The molecule has 0 radical (unpaired) electrons. The summed E-state index contributed by atoms with van der Waals surface area (Å²) in [6.45, 7) is 5.31. The highest BCUT2D eigenvalue weighted by Gasteiger charge is 2.34. The Morgan fingerprint density at radius 1 is 1.02 bits per heavy atom. The van der Waals surface area contributed by atoms with E-state index in [2.05, 4.69) is 9.73 Å². The maximum Gasteiger partial charge on any atom is 0.343 e. The zero-order valence-electron chi connectivity index (χ0n) is 24.5. The van der Waals surface area contributed by atoms with E-state index in [1.54, 1.807) is 57.2 Å². The molecule has 0 N–H and O–H groups in total. The molecule has 1 atom stereocenters. The fourth-order valence-electron chi connectivity index (χ4n) is 4.56. The summed E-state index contributed by atoms with van der Waals surface area (Å²) in [6.07, 6.45) is 1.67. The van der Waals surface area contributed by atoms with Crippen LogP contribution in [0.3, 0.4) is 0 Å². The van der Waals surface area contributed by atoms with Crippen LogP contribution in [0, 0.1) is 0 Å². The second kappa shape index (κ2) is 13.8. The van der Waals surface area contributed by atoms with Crippen LogP contribution >= 0.6 is 22.9 Å². The summed E-state index contributed by atoms with van der Waals surface area (Å²) in [4.78, 5) is 43.9. The van der Waals surface area contributed by atoms with Gasteiger partial charge in [-0.05, 0) is 62.2 Å². The van der Waals surface area contributed by atoms with Crippen molar-refractivity contribution in [1.29, 1.82) is 0 Å². The number of halogens is 1. The van der Waals surface area contributed by atoms with Crippen LogP contribution in [0.2, 0.25) is 5.02 Å². The summed E-state index contributed by atoms with van der Waals surface area (Å²) in [5.74, 6) is 0.249. The number of carbonyl (C=O) groups is 2.